The van der Waals surface area contributed by atoms with Crippen molar-refractivity contribution in [2.24, 2.45) is 0 Å². The molecule has 4 heteroatoms. The summed E-state index contributed by atoms with van der Waals surface area (Å²) in [4.78, 5) is 4.12. The van der Waals surface area contributed by atoms with Crippen LogP contribution in [0.1, 0.15) is 16.7 Å². The van der Waals surface area contributed by atoms with Gasteiger partial charge in [0, 0.05) is 29.1 Å². The van der Waals surface area contributed by atoms with Gasteiger partial charge in [-0.05, 0) is 64.7 Å². The van der Waals surface area contributed by atoms with Gasteiger partial charge in [-0.15, -0.1) is 0 Å². The van der Waals surface area contributed by atoms with E-state index in [0.29, 0.717) is 12.3 Å². The monoisotopic (exact) mass is 306 g/mol. The summed E-state index contributed by atoms with van der Waals surface area (Å²) in [6.45, 7) is 4.57. The predicted molar refractivity (Wildman–Crippen MR) is 76.8 cm³/mol. The number of nitrogens with one attached hydrogen (secondary N) is 1. The van der Waals surface area contributed by atoms with Gasteiger partial charge in [0.1, 0.15) is 5.75 Å². The number of aromatic nitrogens is 1. The Morgan fingerprint density at radius 1 is 1.17 bits per heavy atom. The highest BCUT2D eigenvalue weighted by Gasteiger charge is 2.03. The highest BCUT2D eigenvalue weighted by molar-refractivity contribution is 9.10. The molecule has 2 aromatic rings. The van der Waals surface area contributed by atoms with Crippen molar-refractivity contribution >= 4 is 21.6 Å². The van der Waals surface area contributed by atoms with E-state index in [1.807, 2.05) is 32.2 Å². The number of hydrogen-bond donors (Lipinski definition) is 2. The van der Waals surface area contributed by atoms with Gasteiger partial charge in [-0.3, -0.25) is 4.98 Å². The molecule has 0 spiro atoms. The summed E-state index contributed by atoms with van der Waals surface area (Å²) in [6.07, 6.45) is 3.60. The number of nitrogens with zero attached hydrogens (tertiary/aromatic N) is 1. The molecule has 1 aromatic carbocycles. The van der Waals surface area contributed by atoms with Crippen LogP contribution in [0.5, 0.6) is 5.75 Å². The third-order valence-electron chi connectivity index (χ3n) is 2.79. The second-order valence-electron chi connectivity index (χ2n) is 4.32. The second-order valence-corrected chi connectivity index (χ2v) is 5.23. The number of halogens is 1. The fourth-order valence-electron chi connectivity index (χ4n) is 1.74. The van der Waals surface area contributed by atoms with Crippen LogP contribution >= 0.6 is 15.9 Å². The first-order chi connectivity index (χ1) is 8.56. The van der Waals surface area contributed by atoms with Gasteiger partial charge >= 0.3 is 0 Å². The lowest BCUT2D eigenvalue weighted by Crippen LogP contribution is -2.02. The molecule has 1 heterocycles. The molecule has 0 unspecified atom stereocenters. The van der Waals surface area contributed by atoms with Crippen LogP contribution < -0.4 is 5.32 Å². The molecule has 0 fully saturated rings. The summed E-state index contributed by atoms with van der Waals surface area (Å²) in [5.41, 5.74) is 4.04. The lowest BCUT2D eigenvalue weighted by atomic mass is 10.1. The summed E-state index contributed by atoms with van der Waals surface area (Å²) >= 11 is 3.40. The number of pyridine rings is 1. The Kier molecular flexibility index (Phi) is 3.87. The summed E-state index contributed by atoms with van der Waals surface area (Å²) in [7, 11) is 0. The molecule has 0 bridgehead atoms. The summed E-state index contributed by atoms with van der Waals surface area (Å²) < 4.78 is 0.973. The Hall–Kier alpha value is -1.55. The summed E-state index contributed by atoms with van der Waals surface area (Å²) in [6, 6.07) is 5.76. The second kappa shape index (κ2) is 5.40. The maximum absolute atomic E-state index is 9.60. The highest BCUT2D eigenvalue weighted by Crippen LogP contribution is 2.25. The van der Waals surface area contributed by atoms with Gasteiger partial charge in [0.05, 0.1) is 0 Å². The largest absolute Gasteiger partial charge is 0.508 e. The van der Waals surface area contributed by atoms with E-state index in [1.54, 1.807) is 12.3 Å². The predicted octanol–water partition coefficient (Wildman–Crippen LogP) is 3.78. The van der Waals surface area contributed by atoms with Crippen molar-refractivity contribution in [2.45, 2.75) is 20.4 Å². The molecule has 0 amide bonds. The maximum atomic E-state index is 9.60. The summed E-state index contributed by atoms with van der Waals surface area (Å²) in [5, 5.41) is 13.0. The molecular formula is C14H15BrN2O. The molecule has 2 rings (SSSR count). The van der Waals surface area contributed by atoms with Crippen LogP contribution in [-0.2, 0) is 6.54 Å². The fourth-order valence-corrected chi connectivity index (χ4v) is 2.15. The van der Waals surface area contributed by atoms with Gasteiger partial charge in [0.2, 0.25) is 0 Å². The van der Waals surface area contributed by atoms with Crippen molar-refractivity contribution in [2.75, 3.05) is 5.32 Å². The minimum Gasteiger partial charge on any atom is -0.508 e. The number of benzene rings is 1. The van der Waals surface area contributed by atoms with Crippen molar-refractivity contribution in [3.8, 4) is 5.75 Å². The minimum absolute atomic E-state index is 0.335. The van der Waals surface area contributed by atoms with Gasteiger partial charge < -0.3 is 10.4 Å². The van der Waals surface area contributed by atoms with E-state index in [2.05, 4.69) is 26.2 Å². The molecule has 3 nitrogen and oxygen atoms in total. The zero-order valence-electron chi connectivity index (χ0n) is 10.4. The van der Waals surface area contributed by atoms with Gasteiger partial charge in [-0.1, -0.05) is 0 Å². The van der Waals surface area contributed by atoms with Crippen LogP contribution in [0.15, 0.2) is 35.1 Å². The Bertz CT molecular complexity index is 570. The van der Waals surface area contributed by atoms with E-state index in [9.17, 15) is 5.11 Å². The molecule has 18 heavy (non-hydrogen) atoms. The topological polar surface area (TPSA) is 45.2 Å². The SMILES string of the molecule is Cc1cc(NCc2cncc(Br)c2)c(C)cc1O. The number of phenolic OH excluding ortho intramolecular Hbond substituents is 1. The molecule has 0 atom stereocenters. The van der Waals surface area contributed by atoms with E-state index < -0.39 is 0 Å². The lowest BCUT2D eigenvalue weighted by molar-refractivity contribution is 0.471. The standard InChI is InChI=1S/C14H15BrN2O/c1-9-4-14(18)10(2)3-13(9)17-7-11-5-12(15)8-16-6-11/h3-6,8,17-18H,7H2,1-2H3. The van der Waals surface area contributed by atoms with Crippen molar-refractivity contribution in [1.29, 1.82) is 0 Å². The normalized spacial score (nSPS) is 10.4. The average Bonchev–Trinajstić information content (AvgIpc) is 2.32. The zero-order chi connectivity index (χ0) is 13.1. The molecule has 0 radical (unpaired) electrons. The van der Waals surface area contributed by atoms with Crippen LogP contribution in [0.4, 0.5) is 5.69 Å². The first-order valence-corrected chi connectivity index (χ1v) is 6.49. The first-order valence-electron chi connectivity index (χ1n) is 5.70. The Morgan fingerprint density at radius 2 is 1.94 bits per heavy atom. The molecule has 0 aliphatic rings. The van der Waals surface area contributed by atoms with Crippen molar-refractivity contribution in [3.63, 3.8) is 0 Å². The van der Waals surface area contributed by atoms with Crippen LogP contribution in [0.2, 0.25) is 0 Å². The van der Waals surface area contributed by atoms with E-state index in [1.165, 1.54) is 0 Å². The van der Waals surface area contributed by atoms with Gasteiger partial charge in [-0.2, -0.15) is 0 Å². The van der Waals surface area contributed by atoms with Crippen LogP contribution in [0.3, 0.4) is 0 Å². The Balaban J connectivity index is 2.13. The molecule has 2 N–H and O–H groups in total. The quantitative estimate of drug-likeness (QED) is 0.848. The molecule has 0 saturated heterocycles. The van der Waals surface area contributed by atoms with E-state index in [4.69, 9.17) is 0 Å². The van der Waals surface area contributed by atoms with Crippen LogP contribution in [0, 0.1) is 13.8 Å². The lowest BCUT2D eigenvalue weighted by Gasteiger charge is -2.11. The number of rotatable bonds is 3. The van der Waals surface area contributed by atoms with E-state index in [-0.39, 0.29) is 0 Å². The third kappa shape index (κ3) is 3.01. The van der Waals surface area contributed by atoms with Crippen molar-refractivity contribution in [1.82, 2.24) is 4.98 Å². The number of anilines is 1. The molecule has 1 aromatic heterocycles. The highest BCUT2D eigenvalue weighted by atomic mass is 79.9. The van der Waals surface area contributed by atoms with Crippen molar-refractivity contribution in [3.05, 3.63) is 51.8 Å². The first kappa shape index (κ1) is 12.9. The van der Waals surface area contributed by atoms with Crippen molar-refractivity contribution < 1.29 is 5.11 Å². The van der Waals surface area contributed by atoms with Gasteiger partial charge in [-0.25, -0.2) is 0 Å². The average molecular weight is 307 g/mol. The number of phenols is 1. The maximum Gasteiger partial charge on any atom is 0.118 e. The number of aromatic hydroxyl groups is 1. The van der Waals surface area contributed by atoms with Gasteiger partial charge in [0.15, 0.2) is 0 Å². The summed E-state index contributed by atoms with van der Waals surface area (Å²) in [5.74, 6) is 0.335. The molecular weight excluding hydrogens is 292 g/mol. The molecule has 0 aliphatic carbocycles. The minimum atomic E-state index is 0.335. The Morgan fingerprint density at radius 3 is 2.67 bits per heavy atom. The molecule has 94 valence electrons. The van der Waals surface area contributed by atoms with Gasteiger partial charge in [0.25, 0.3) is 0 Å². The van der Waals surface area contributed by atoms with Crippen LogP contribution in [0.25, 0.3) is 0 Å². The fraction of sp³-hybridized carbons (Fsp3) is 0.214. The number of hydrogen-bond acceptors (Lipinski definition) is 3. The molecule has 0 aliphatic heterocycles. The third-order valence-corrected chi connectivity index (χ3v) is 3.22. The zero-order valence-corrected chi connectivity index (χ0v) is 12.0. The van der Waals surface area contributed by atoms with E-state index >= 15 is 0 Å². The smallest absolute Gasteiger partial charge is 0.118 e. The van der Waals surface area contributed by atoms with Crippen LogP contribution in [-0.4, -0.2) is 10.1 Å². The molecule has 0 saturated carbocycles. The Labute approximate surface area is 115 Å². The van der Waals surface area contributed by atoms with E-state index in [0.717, 1.165) is 26.9 Å². The number of aryl methyl sites for hydroxylation is 2.